The van der Waals surface area contributed by atoms with Gasteiger partial charge in [0.1, 0.15) is 6.54 Å². The first-order valence-electron chi connectivity index (χ1n) is 8.35. The van der Waals surface area contributed by atoms with Crippen LogP contribution in [0.25, 0.3) is 0 Å². The van der Waals surface area contributed by atoms with Gasteiger partial charge in [-0.15, -0.1) is 0 Å². The van der Waals surface area contributed by atoms with Crippen molar-refractivity contribution in [3.8, 4) is 0 Å². The van der Waals surface area contributed by atoms with Gasteiger partial charge in [-0.3, -0.25) is 14.5 Å². The van der Waals surface area contributed by atoms with Gasteiger partial charge in [0.15, 0.2) is 0 Å². The van der Waals surface area contributed by atoms with Gasteiger partial charge in [0.25, 0.3) is 0 Å². The fraction of sp³-hybridized carbons (Fsp3) is 0.500. The molecule has 0 aromatic carbocycles. The highest BCUT2D eigenvalue weighted by Gasteiger charge is 2.28. The zero-order valence-electron chi connectivity index (χ0n) is 14.9. The lowest BCUT2D eigenvalue weighted by Crippen LogP contribution is -2.32. The lowest BCUT2D eigenvalue weighted by Gasteiger charge is -2.18. The minimum Gasteiger partial charge on any atom is -0.378 e. The van der Waals surface area contributed by atoms with Crippen LogP contribution in [0.5, 0.6) is 0 Å². The molecule has 2 aromatic heterocycles. The summed E-state index contributed by atoms with van der Waals surface area (Å²) in [7, 11) is 4.07. The van der Waals surface area contributed by atoms with E-state index in [9.17, 15) is 4.79 Å². The third-order valence-corrected chi connectivity index (χ3v) is 4.49. The minimum atomic E-state index is 0.126. The Morgan fingerprint density at radius 3 is 2.79 bits per heavy atom. The predicted molar refractivity (Wildman–Crippen MR) is 94.2 cm³/mol. The average molecular weight is 327 g/mol. The van der Waals surface area contributed by atoms with E-state index in [1.165, 1.54) is 0 Å². The monoisotopic (exact) mass is 327 g/mol. The Labute approximate surface area is 143 Å². The number of anilines is 1. The van der Waals surface area contributed by atoms with E-state index in [-0.39, 0.29) is 5.91 Å². The van der Waals surface area contributed by atoms with Crippen LogP contribution in [0.4, 0.5) is 5.69 Å². The van der Waals surface area contributed by atoms with Gasteiger partial charge in [0, 0.05) is 56.4 Å². The maximum atomic E-state index is 12.5. The number of hydrogen-bond donors (Lipinski definition) is 0. The number of nitrogens with zero attached hydrogens (tertiary/aromatic N) is 5. The highest BCUT2D eigenvalue weighted by molar-refractivity contribution is 5.76. The molecule has 3 heterocycles. The molecular weight excluding hydrogens is 302 g/mol. The zero-order chi connectivity index (χ0) is 17.3. The van der Waals surface area contributed by atoms with E-state index in [1.54, 1.807) is 10.9 Å². The third kappa shape index (κ3) is 3.58. The largest absolute Gasteiger partial charge is 0.378 e. The van der Waals surface area contributed by atoms with E-state index in [0.717, 1.165) is 42.1 Å². The van der Waals surface area contributed by atoms with Crippen molar-refractivity contribution in [2.75, 3.05) is 32.1 Å². The summed E-state index contributed by atoms with van der Waals surface area (Å²) in [6, 6.07) is 4.23. The zero-order valence-corrected chi connectivity index (χ0v) is 14.9. The van der Waals surface area contributed by atoms with Crippen molar-refractivity contribution in [2.45, 2.75) is 32.7 Å². The van der Waals surface area contributed by atoms with Crippen LogP contribution >= 0.6 is 0 Å². The van der Waals surface area contributed by atoms with E-state index in [4.69, 9.17) is 4.98 Å². The van der Waals surface area contributed by atoms with Gasteiger partial charge in [0.05, 0.1) is 6.20 Å². The average Bonchev–Trinajstić information content (AvgIpc) is 3.16. The summed E-state index contributed by atoms with van der Waals surface area (Å²) in [4.78, 5) is 21.2. The number of hydrogen-bond acceptors (Lipinski definition) is 4. The van der Waals surface area contributed by atoms with Crippen molar-refractivity contribution in [3.05, 3.63) is 41.5 Å². The summed E-state index contributed by atoms with van der Waals surface area (Å²) in [5.41, 5.74) is 4.34. The standard InChI is InChI=1S/C18H25N5O/c1-13-9-19-23(10-13)12-18(24)22-6-5-15(11-22)17-8-16(21(3)4)7-14(2)20-17/h7-10,15H,5-6,11-12H2,1-4H3. The van der Waals surface area contributed by atoms with E-state index in [2.05, 4.69) is 22.1 Å². The molecule has 0 spiro atoms. The van der Waals surface area contributed by atoms with Crippen molar-refractivity contribution in [1.29, 1.82) is 0 Å². The lowest BCUT2D eigenvalue weighted by molar-refractivity contribution is -0.131. The summed E-state index contributed by atoms with van der Waals surface area (Å²) in [6.07, 6.45) is 4.64. The van der Waals surface area contributed by atoms with E-state index in [1.807, 2.05) is 39.0 Å². The molecule has 0 bridgehead atoms. The van der Waals surface area contributed by atoms with Crippen LogP contribution in [-0.4, -0.2) is 52.8 Å². The second-order valence-electron chi connectivity index (χ2n) is 6.83. The first-order valence-corrected chi connectivity index (χ1v) is 8.35. The predicted octanol–water partition coefficient (Wildman–Crippen LogP) is 1.98. The fourth-order valence-corrected chi connectivity index (χ4v) is 3.16. The van der Waals surface area contributed by atoms with E-state index >= 15 is 0 Å². The van der Waals surface area contributed by atoms with Gasteiger partial charge in [-0.1, -0.05) is 0 Å². The molecule has 1 fully saturated rings. The first-order chi connectivity index (χ1) is 11.4. The highest BCUT2D eigenvalue weighted by atomic mass is 16.2. The Kier molecular flexibility index (Phi) is 4.55. The van der Waals surface area contributed by atoms with Gasteiger partial charge in [-0.2, -0.15) is 5.10 Å². The quantitative estimate of drug-likeness (QED) is 0.862. The molecule has 0 saturated carbocycles. The number of rotatable bonds is 4. The molecule has 1 atom stereocenters. The third-order valence-electron chi connectivity index (χ3n) is 4.49. The second kappa shape index (κ2) is 6.63. The Morgan fingerprint density at radius 1 is 1.33 bits per heavy atom. The number of pyridine rings is 1. The van der Waals surface area contributed by atoms with Crippen molar-refractivity contribution in [3.63, 3.8) is 0 Å². The van der Waals surface area contributed by atoms with Gasteiger partial charge < -0.3 is 9.80 Å². The normalized spacial score (nSPS) is 17.3. The molecule has 1 amide bonds. The highest BCUT2D eigenvalue weighted by Crippen LogP contribution is 2.28. The smallest absolute Gasteiger partial charge is 0.244 e. The molecular formula is C18H25N5O. The molecule has 0 aliphatic carbocycles. The molecule has 1 unspecified atom stereocenters. The van der Waals surface area contributed by atoms with E-state index < -0.39 is 0 Å². The van der Waals surface area contributed by atoms with Crippen LogP contribution in [0.15, 0.2) is 24.5 Å². The molecule has 1 saturated heterocycles. The number of aromatic nitrogens is 3. The Hall–Kier alpha value is -2.37. The molecule has 6 nitrogen and oxygen atoms in total. The Morgan fingerprint density at radius 2 is 2.12 bits per heavy atom. The van der Waals surface area contributed by atoms with Gasteiger partial charge in [0.2, 0.25) is 5.91 Å². The van der Waals surface area contributed by atoms with Crippen molar-refractivity contribution in [1.82, 2.24) is 19.7 Å². The van der Waals surface area contributed by atoms with Crippen LogP contribution < -0.4 is 4.90 Å². The summed E-state index contributed by atoms with van der Waals surface area (Å²) in [5, 5.41) is 4.20. The lowest BCUT2D eigenvalue weighted by atomic mass is 10.0. The van der Waals surface area contributed by atoms with Crippen LogP contribution in [0.3, 0.4) is 0 Å². The summed E-state index contributed by atoms with van der Waals surface area (Å²) >= 11 is 0. The molecule has 2 aromatic rings. The molecule has 128 valence electrons. The van der Waals surface area contributed by atoms with Crippen molar-refractivity contribution >= 4 is 11.6 Å². The number of likely N-dealkylation sites (tertiary alicyclic amines) is 1. The molecule has 3 rings (SSSR count). The number of carbonyl (C=O) groups is 1. The number of amides is 1. The van der Waals surface area contributed by atoms with Crippen molar-refractivity contribution in [2.24, 2.45) is 0 Å². The van der Waals surface area contributed by atoms with E-state index in [0.29, 0.717) is 12.5 Å². The van der Waals surface area contributed by atoms with Crippen LogP contribution in [-0.2, 0) is 11.3 Å². The first kappa shape index (κ1) is 16.5. The molecule has 1 aliphatic heterocycles. The molecule has 24 heavy (non-hydrogen) atoms. The SMILES string of the molecule is Cc1cnn(CC(=O)N2CCC(c3cc(N(C)C)cc(C)n3)C2)c1. The topological polar surface area (TPSA) is 54.3 Å². The van der Waals surface area contributed by atoms with Crippen LogP contribution in [0, 0.1) is 13.8 Å². The summed E-state index contributed by atoms with van der Waals surface area (Å²) in [5.74, 6) is 0.438. The molecule has 6 heteroatoms. The van der Waals surface area contributed by atoms with Gasteiger partial charge >= 0.3 is 0 Å². The summed E-state index contributed by atoms with van der Waals surface area (Å²) in [6.45, 7) is 5.84. The molecule has 1 aliphatic rings. The van der Waals surface area contributed by atoms with Crippen molar-refractivity contribution < 1.29 is 4.79 Å². The summed E-state index contributed by atoms with van der Waals surface area (Å²) < 4.78 is 1.71. The van der Waals surface area contributed by atoms with Crippen LogP contribution in [0.1, 0.15) is 29.3 Å². The number of carbonyl (C=O) groups excluding carboxylic acids is 1. The van der Waals surface area contributed by atoms with Gasteiger partial charge in [-0.25, -0.2) is 0 Å². The maximum Gasteiger partial charge on any atom is 0.244 e. The maximum absolute atomic E-state index is 12.5. The number of aryl methyl sites for hydroxylation is 2. The van der Waals surface area contributed by atoms with Crippen LogP contribution in [0.2, 0.25) is 0 Å². The minimum absolute atomic E-state index is 0.126. The second-order valence-corrected chi connectivity index (χ2v) is 6.83. The van der Waals surface area contributed by atoms with Gasteiger partial charge in [-0.05, 0) is 38.0 Å². The molecule has 0 N–H and O–H groups in total. The fourth-order valence-electron chi connectivity index (χ4n) is 3.16. The Balaban J connectivity index is 1.67. The Bertz CT molecular complexity index is 737. The molecule has 0 radical (unpaired) electrons.